The molecule has 4 amide bonds. The second-order valence-electron chi connectivity index (χ2n) is 12.9. The maximum absolute atomic E-state index is 13.8. The molecule has 1 aromatic heterocycles. The minimum atomic E-state index is -0.547. The van der Waals surface area contributed by atoms with Crippen LogP contribution >= 0.6 is 0 Å². The van der Waals surface area contributed by atoms with E-state index in [2.05, 4.69) is 20.9 Å². The number of hydrazine groups is 1. The van der Waals surface area contributed by atoms with Gasteiger partial charge in [0, 0.05) is 56.7 Å². The molecule has 0 radical (unpaired) electrons. The summed E-state index contributed by atoms with van der Waals surface area (Å²) in [6.45, 7) is 10.0. The molecule has 13 heteroatoms. The first kappa shape index (κ1) is 30.1. The van der Waals surface area contributed by atoms with Gasteiger partial charge in [-0.15, -0.1) is 0 Å². The normalized spacial score (nSPS) is 19.8. The van der Waals surface area contributed by atoms with Gasteiger partial charge in [0.05, 0.1) is 41.4 Å². The highest BCUT2D eigenvalue weighted by Gasteiger charge is 2.39. The molecule has 0 bridgehead atoms. The second-order valence-corrected chi connectivity index (χ2v) is 12.9. The lowest BCUT2D eigenvalue weighted by molar-refractivity contribution is -0.138. The number of H-pyrrole nitrogens is 1. The van der Waals surface area contributed by atoms with E-state index in [1.54, 1.807) is 16.0 Å². The lowest BCUT2D eigenvalue weighted by Gasteiger charge is -2.37. The summed E-state index contributed by atoms with van der Waals surface area (Å²) in [7, 11) is 0. The Kier molecular flexibility index (Phi) is 8.34. The van der Waals surface area contributed by atoms with E-state index in [0.29, 0.717) is 101 Å². The molecule has 3 saturated heterocycles. The number of anilines is 1. The molecule has 0 spiro atoms. The number of amides is 4. The molecule has 236 valence electrons. The van der Waals surface area contributed by atoms with Crippen LogP contribution in [0.15, 0.2) is 18.2 Å². The van der Waals surface area contributed by atoms with E-state index in [1.165, 1.54) is 0 Å². The number of rotatable bonds is 4. The Morgan fingerprint density at radius 1 is 0.955 bits per heavy atom. The van der Waals surface area contributed by atoms with Crippen LogP contribution in [0.25, 0.3) is 11.3 Å². The Morgan fingerprint density at radius 3 is 2.32 bits per heavy atom. The van der Waals surface area contributed by atoms with Crippen molar-refractivity contribution in [2.24, 2.45) is 5.92 Å². The molecule has 3 aliphatic heterocycles. The van der Waals surface area contributed by atoms with Crippen molar-refractivity contribution in [1.29, 1.82) is 0 Å². The van der Waals surface area contributed by atoms with Crippen LogP contribution < -0.4 is 10.7 Å². The monoisotopic (exact) mass is 607 g/mol. The summed E-state index contributed by atoms with van der Waals surface area (Å²) < 4.78 is 10.8. The van der Waals surface area contributed by atoms with Gasteiger partial charge in [0.1, 0.15) is 5.60 Å². The smallest absolute Gasteiger partial charge is 0.410 e. The number of ether oxygens (including phenoxy) is 2. The van der Waals surface area contributed by atoms with Gasteiger partial charge in [0.25, 0.3) is 0 Å². The fourth-order valence-corrected chi connectivity index (χ4v) is 6.55. The zero-order valence-corrected chi connectivity index (χ0v) is 25.6. The third kappa shape index (κ3) is 6.16. The summed E-state index contributed by atoms with van der Waals surface area (Å²) in [5.41, 5.74) is 5.86. The van der Waals surface area contributed by atoms with E-state index >= 15 is 0 Å². The van der Waals surface area contributed by atoms with E-state index in [0.717, 1.165) is 11.3 Å². The lowest BCUT2D eigenvalue weighted by atomic mass is 9.88. The standard InChI is InChI=1S/C31H41N7O6/c1-31(2,3)44-30(42)37-13-9-20(10-14-37)28(40)36-11-7-19(8-12-36)25-24-26(34-33-25)21-5-4-6-22(23(21)27(24)39)32-29(41)35-38-15-17-43-18-16-38/h4-6,19-20H,7-18H2,1-3H3,(H,33,34)(H2,32,35,41). The van der Waals surface area contributed by atoms with Gasteiger partial charge >= 0.3 is 12.1 Å². The molecule has 1 aromatic carbocycles. The number of likely N-dealkylation sites (tertiary alicyclic amines) is 2. The number of aromatic amines is 1. The number of ketones is 1. The van der Waals surface area contributed by atoms with Crippen LogP contribution in [0.3, 0.4) is 0 Å². The SMILES string of the molecule is CC(C)(C)OC(=O)N1CCC(C(=O)N2CCC(c3n[nH]c4c3C(=O)c3c(NC(=O)NN5CCOCC5)cccc3-4)CC2)CC1. The fraction of sp³-hybridized carbons (Fsp3) is 0.581. The molecule has 1 aliphatic carbocycles. The van der Waals surface area contributed by atoms with Crippen LogP contribution in [-0.4, -0.2) is 107 Å². The van der Waals surface area contributed by atoms with Crippen molar-refractivity contribution in [3.8, 4) is 11.3 Å². The van der Waals surface area contributed by atoms with Crippen LogP contribution in [0.4, 0.5) is 15.3 Å². The zero-order valence-electron chi connectivity index (χ0n) is 25.6. The van der Waals surface area contributed by atoms with Gasteiger partial charge in [-0.2, -0.15) is 5.10 Å². The molecule has 4 heterocycles. The van der Waals surface area contributed by atoms with E-state index in [9.17, 15) is 19.2 Å². The Bertz CT molecular complexity index is 1430. The zero-order chi connectivity index (χ0) is 31.0. The maximum atomic E-state index is 13.8. The van der Waals surface area contributed by atoms with Crippen LogP contribution in [0.1, 0.15) is 74.0 Å². The Hall–Kier alpha value is -3.97. The minimum Gasteiger partial charge on any atom is -0.444 e. The predicted octanol–water partition coefficient (Wildman–Crippen LogP) is 3.34. The Balaban J connectivity index is 1.05. The molecule has 2 aromatic rings. The number of aromatic nitrogens is 2. The molecule has 3 N–H and O–H groups in total. The highest BCUT2D eigenvalue weighted by Crippen LogP contribution is 2.43. The summed E-state index contributed by atoms with van der Waals surface area (Å²) in [4.78, 5) is 55.9. The number of hydrogen-bond acceptors (Lipinski definition) is 8. The number of carbonyl (C=O) groups excluding carboxylic acids is 4. The first-order valence-electron chi connectivity index (χ1n) is 15.5. The number of carbonyl (C=O) groups is 4. The number of nitrogens with one attached hydrogen (secondary N) is 3. The number of piperidine rings is 2. The number of benzene rings is 1. The van der Waals surface area contributed by atoms with Gasteiger partial charge in [0.15, 0.2) is 5.78 Å². The first-order chi connectivity index (χ1) is 21.1. The molecule has 0 saturated carbocycles. The number of urea groups is 1. The van der Waals surface area contributed by atoms with Gasteiger partial charge in [0.2, 0.25) is 5.91 Å². The Morgan fingerprint density at radius 2 is 1.64 bits per heavy atom. The molecular weight excluding hydrogens is 566 g/mol. The number of fused-ring (bicyclic) bond motifs is 3. The van der Waals surface area contributed by atoms with Crippen LogP contribution in [0, 0.1) is 5.92 Å². The van der Waals surface area contributed by atoms with Crippen molar-refractivity contribution in [3.63, 3.8) is 0 Å². The van der Waals surface area contributed by atoms with Crippen molar-refractivity contribution in [2.45, 2.75) is 58.0 Å². The van der Waals surface area contributed by atoms with Crippen molar-refractivity contribution in [1.82, 2.24) is 30.4 Å². The van der Waals surface area contributed by atoms with Crippen molar-refractivity contribution >= 4 is 29.5 Å². The molecule has 44 heavy (non-hydrogen) atoms. The van der Waals surface area contributed by atoms with E-state index in [1.807, 2.05) is 37.8 Å². The molecular formula is C31H41N7O6. The fourth-order valence-electron chi connectivity index (χ4n) is 6.55. The highest BCUT2D eigenvalue weighted by atomic mass is 16.6. The number of morpholine rings is 1. The van der Waals surface area contributed by atoms with Crippen molar-refractivity contribution in [2.75, 3.05) is 57.8 Å². The molecule has 6 rings (SSSR count). The van der Waals surface area contributed by atoms with Crippen LogP contribution in [0.2, 0.25) is 0 Å². The van der Waals surface area contributed by atoms with E-state index in [-0.39, 0.29) is 29.6 Å². The topological polar surface area (TPSA) is 149 Å². The minimum absolute atomic E-state index is 0.0346. The number of hydrogen-bond donors (Lipinski definition) is 3. The lowest BCUT2D eigenvalue weighted by Crippen LogP contribution is -2.49. The second kappa shape index (κ2) is 12.2. The summed E-state index contributed by atoms with van der Waals surface area (Å²) in [6.07, 6.45) is 2.33. The predicted molar refractivity (Wildman–Crippen MR) is 161 cm³/mol. The average molecular weight is 608 g/mol. The van der Waals surface area contributed by atoms with E-state index in [4.69, 9.17) is 9.47 Å². The van der Waals surface area contributed by atoms with Gasteiger partial charge in [-0.05, 0) is 52.5 Å². The summed E-state index contributed by atoms with van der Waals surface area (Å²) >= 11 is 0. The molecule has 0 unspecified atom stereocenters. The largest absolute Gasteiger partial charge is 0.444 e. The molecule has 0 atom stereocenters. The van der Waals surface area contributed by atoms with E-state index < -0.39 is 11.6 Å². The number of nitrogens with zero attached hydrogens (tertiary/aromatic N) is 4. The van der Waals surface area contributed by atoms with Crippen LogP contribution in [-0.2, 0) is 14.3 Å². The Labute approximate surface area is 256 Å². The van der Waals surface area contributed by atoms with Gasteiger partial charge in [-0.3, -0.25) is 20.1 Å². The van der Waals surface area contributed by atoms with Gasteiger partial charge in [-0.1, -0.05) is 12.1 Å². The molecule has 4 aliphatic rings. The van der Waals surface area contributed by atoms with Gasteiger partial charge < -0.3 is 24.6 Å². The van der Waals surface area contributed by atoms with Crippen molar-refractivity contribution < 1.29 is 28.7 Å². The molecule has 13 nitrogen and oxygen atoms in total. The van der Waals surface area contributed by atoms with Crippen LogP contribution in [0.5, 0.6) is 0 Å². The highest BCUT2D eigenvalue weighted by molar-refractivity contribution is 6.25. The summed E-state index contributed by atoms with van der Waals surface area (Å²) in [5, 5.41) is 12.3. The molecule has 3 fully saturated rings. The maximum Gasteiger partial charge on any atom is 0.410 e. The van der Waals surface area contributed by atoms with Gasteiger partial charge in [-0.25, -0.2) is 14.6 Å². The first-order valence-corrected chi connectivity index (χ1v) is 15.5. The van der Waals surface area contributed by atoms with Crippen molar-refractivity contribution in [3.05, 3.63) is 35.0 Å². The quantitative estimate of drug-likeness (QED) is 0.409. The third-order valence-corrected chi connectivity index (χ3v) is 8.79. The average Bonchev–Trinajstić information content (AvgIpc) is 3.56. The summed E-state index contributed by atoms with van der Waals surface area (Å²) in [5.74, 6) is -0.0972. The summed E-state index contributed by atoms with van der Waals surface area (Å²) in [6, 6.07) is 5.00. The third-order valence-electron chi connectivity index (χ3n) is 8.79.